The molecule has 1 saturated carbocycles. The Morgan fingerprint density at radius 1 is 1.48 bits per heavy atom. The number of carboxylic acid groups (broad SMARTS) is 1. The molecule has 2 fully saturated rings. The molecule has 1 amide bonds. The maximum absolute atomic E-state index is 13.5. The number of amides is 1. The minimum Gasteiger partial charge on any atom is -0.480 e. The fraction of sp³-hybridized carbons (Fsp3) is 0.562. The summed E-state index contributed by atoms with van der Waals surface area (Å²) < 4.78 is 13.5. The van der Waals surface area contributed by atoms with E-state index in [2.05, 4.69) is 10.3 Å². The van der Waals surface area contributed by atoms with Gasteiger partial charge in [-0.25, -0.2) is 4.98 Å². The molecule has 6 nitrogen and oxygen atoms in total. The second-order valence-electron chi connectivity index (χ2n) is 6.57. The zero-order valence-corrected chi connectivity index (χ0v) is 13.0. The van der Waals surface area contributed by atoms with Gasteiger partial charge in [-0.3, -0.25) is 9.59 Å². The predicted octanol–water partition coefficient (Wildman–Crippen LogP) is 1.27. The molecule has 0 unspecified atom stereocenters. The van der Waals surface area contributed by atoms with Crippen LogP contribution in [0.5, 0.6) is 0 Å². The molecule has 2 N–H and O–H groups in total. The highest BCUT2D eigenvalue weighted by molar-refractivity contribution is 5.91. The van der Waals surface area contributed by atoms with Crippen molar-refractivity contribution in [3.8, 4) is 0 Å². The first kappa shape index (κ1) is 15.9. The van der Waals surface area contributed by atoms with Crippen LogP contribution in [0.1, 0.15) is 38.2 Å². The lowest BCUT2D eigenvalue weighted by Gasteiger charge is -2.51. The van der Waals surface area contributed by atoms with E-state index < -0.39 is 29.5 Å². The molecule has 1 spiro atoms. The monoisotopic (exact) mass is 321 g/mol. The van der Waals surface area contributed by atoms with Crippen molar-refractivity contribution in [2.45, 2.75) is 43.7 Å². The van der Waals surface area contributed by atoms with E-state index in [-0.39, 0.29) is 5.91 Å². The third kappa shape index (κ3) is 2.59. The highest BCUT2D eigenvalue weighted by atomic mass is 19.1. The van der Waals surface area contributed by atoms with Gasteiger partial charge in [-0.15, -0.1) is 0 Å². The number of rotatable bonds is 3. The average molecular weight is 321 g/mol. The Morgan fingerprint density at radius 3 is 2.78 bits per heavy atom. The van der Waals surface area contributed by atoms with Crippen molar-refractivity contribution in [2.24, 2.45) is 0 Å². The predicted molar refractivity (Wildman–Crippen MR) is 80.1 cm³/mol. The van der Waals surface area contributed by atoms with Crippen LogP contribution < -0.4 is 5.32 Å². The molecule has 1 atom stereocenters. The molecule has 2 aliphatic rings. The summed E-state index contributed by atoms with van der Waals surface area (Å²) in [5.74, 6) is -1.93. The molecule has 1 aromatic rings. The number of aliphatic carboxylic acids is 1. The first-order chi connectivity index (χ1) is 10.9. The lowest BCUT2D eigenvalue weighted by Crippen LogP contribution is -2.70. The van der Waals surface area contributed by atoms with Gasteiger partial charge < -0.3 is 15.3 Å². The number of piperazine rings is 1. The van der Waals surface area contributed by atoms with E-state index in [1.54, 1.807) is 13.0 Å². The minimum atomic E-state index is -1.07. The van der Waals surface area contributed by atoms with E-state index in [4.69, 9.17) is 0 Å². The smallest absolute Gasteiger partial charge is 0.323 e. The van der Waals surface area contributed by atoms with Gasteiger partial charge in [0.2, 0.25) is 11.9 Å². The number of carboxylic acids is 1. The first-order valence-electron chi connectivity index (χ1n) is 7.78. The maximum Gasteiger partial charge on any atom is 0.323 e. The van der Waals surface area contributed by atoms with Gasteiger partial charge in [-0.1, -0.05) is 12.8 Å². The molecule has 3 rings (SSSR count). The molecule has 1 aromatic heterocycles. The number of pyridine rings is 1. The van der Waals surface area contributed by atoms with Crippen molar-refractivity contribution in [2.75, 3.05) is 13.1 Å². The van der Waals surface area contributed by atoms with Crippen molar-refractivity contribution < 1.29 is 19.1 Å². The Labute approximate surface area is 133 Å². The Kier molecular flexibility index (Phi) is 3.83. The standard InChI is InChI=1S/C16H20FN3O3/c1-15(11-4-7-18-12(17)8-11)10-19-16(5-2-3-6-16)14(23)20(15)9-13(21)22/h4,7-8,19H,2-3,5-6,9-10H2,1H3,(H,21,22)/t15-/m0/s1. The van der Waals surface area contributed by atoms with Crippen LogP contribution in [0.3, 0.4) is 0 Å². The van der Waals surface area contributed by atoms with E-state index >= 15 is 0 Å². The van der Waals surface area contributed by atoms with Crippen LogP contribution in [-0.4, -0.2) is 45.5 Å². The number of aromatic nitrogens is 1. The number of nitrogens with zero attached hydrogens (tertiary/aromatic N) is 2. The minimum absolute atomic E-state index is 0.205. The molecule has 1 saturated heterocycles. The van der Waals surface area contributed by atoms with Crippen molar-refractivity contribution >= 4 is 11.9 Å². The van der Waals surface area contributed by atoms with Gasteiger partial charge in [0.15, 0.2) is 0 Å². The summed E-state index contributed by atoms with van der Waals surface area (Å²) in [4.78, 5) is 29.3. The van der Waals surface area contributed by atoms with Gasteiger partial charge in [0.05, 0.1) is 11.1 Å². The van der Waals surface area contributed by atoms with Crippen LogP contribution in [0.25, 0.3) is 0 Å². The van der Waals surface area contributed by atoms with E-state index in [9.17, 15) is 19.1 Å². The number of carbonyl (C=O) groups excluding carboxylic acids is 1. The molecular weight excluding hydrogens is 301 g/mol. The fourth-order valence-electron chi connectivity index (χ4n) is 3.74. The van der Waals surface area contributed by atoms with Crippen LogP contribution in [0, 0.1) is 5.95 Å². The second-order valence-corrected chi connectivity index (χ2v) is 6.57. The van der Waals surface area contributed by atoms with Crippen molar-refractivity contribution in [3.63, 3.8) is 0 Å². The van der Waals surface area contributed by atoms with Crippen molar-refractivity contribution in [3.05, 3.63) is 29.8 Å². The fourth-order valence-corrected chi connectivity index (χ4v) is 3.74. The molecule has 2 heterocycles. The molecule has 124 valence electrons. The van der Waals surface area contributed by atoms with Crippen LogP contribution in [-0.2, 0) is 15.1 Å². The maximum atomic E-state index is 13.5. The molecule has 23 heavy (non-hydrogen) atoms. The number of hydrogen-bond donors (Lipinski definition) is 2. The number of halogens is 1. The van der Waals surface area contributed by atoms with Gasteiger partial charge in [0.25, 0.3) is 0 Å². The second kappa shape index (κ2) is 5.56. The van der Waals surface area contributed by atoms with Crippen molar-refractivity contribution in [1.82, 2.24) is 15.2 Å². The third-order valence-corrected chi connectivity index (χ3v) is 5.12. The Balaban J connectivity index is 2.02. The molecule has 0 bridgehead atoms. The molecule has 1 aliphatic heterocycles. The van der Waals surface area contributed by atoms with Gasteiger partial charge in [-0.2, -0.15) is 4.39 Å². The molecule has 0 aromatic carbocycles. The summed E-state index contributed by atoms with van der Waals surface area (Å²) >= 11 is 0. The van der Waals surface area contributed by atoms with Gasteiger partial charge >= 0.3 is 5.97 Å². The molecular formula is C16H20FN3O3. The summed E-state index contributed by atoms with van der Waals surface area (Å²) in [6.45, 7) is 1.75. The van der Waals surface area contributed by atoms with E-state index in [0.29, 0.717) is 24.9 Å². The van der Waals surface area contributed by atoms with E-state index in [1.807, 2.05) is 0 Å². The van der Waals surface area contributed by atoms with Gasteiger partial charge in [0, 0.05) is 12.7 Å². The highest BCUT2D eigenvalue weighted by Gasteiger charge is 2.53. The SMILES string of the molecule is C[C@@]1(c2ccnc(F)c2)CNC2(CCCC2)C(=O)N1CC(=O)O. The zero-order valence-electron chi connectivity index (χ0n) is 13.0. The van der Waals surface area contributed by atoms with Crippen LogP contribution in [0.4, 0.5) is 4.39 Å². The van der Waals surface area contributed by atoms with Crippen LogP contribution in [0.15, 0.2) is 18.3 Å². The third-order valence-electron chi connectivity index (χ3n) is 5.12. The lowest BCUT2D eigenvalue weighted by atomic mass is 9.82. The van der Waals surface area contributed by atoms with Crippen LogP contribution in [0.2, 0.25) is 0 Å². The lowest BCUT2D eigenvalue weighted by molar-refractivity contribution is -0.158. The number of hydrogen-bond acceptors (Lipinski definition) is 4. The summed E-state index contributed by atoms with van der Waals surface area (Å²) in [6, 6.07) is 2.88. The van der Waals surface area contributed by atoms with Gasteiger partial charge in [-0.05, 0) is 37.5 Å². The number of carbonyl (C=O) groups is 2. The average Bonchev–Trinajstić information content (AvgIpc) is 2.98. The molecule has 7 heteroatoms. The normalized spacial score (nSPS) is 26.7. The first-order valence-corrected chi connectivity index (χ1v) is 7.78. The summed E-state index contributed by atoms with van der Waals surface area (Å²) in [6.07, 6.45) is 4.64. The van der Waals surface area contributed by atoms with Crippen molar-refractivity contribution in [1.29, 1.82) is 0 Å². The summed E-state index contributed by atoms with van der Waals surface area (Å²) in [7, 11) is 0. The van der Waals surface area contributed by atoms with Gasteiger partial charge in [0.1, 0.15) is 6.54 Å². The van der Waals surface area contributed by atoms with Crippen LogP contribution >= 0.6 is 0 Å². The Hall–Kier alpha value is -2.02. The van der Waals surface area contributed by atoms with E-state index in [0.717, 1.165) is 12.8 Å². The zero-order chi connectivity index (χ0) is 16.7. The topological polar surface area (TPSA) is 82.5 Å². The number of nitrogens with one attached hydrogen (secondary N) is 1. The largest absolute Gasteiger partial charge is 0.480 e. The quantitative estimate of drug-likeness (QED) is 0.819. The molecule has 1 aliphatic carbocycles. The Morgan fingerprint density at radius 2 is 2.17 bits per heavy atom. The summed E-state index contributed by atoms with van der Waals surface area (Å²) in [5.41, 5.74) is -1.05. The molecule has 0 radical (unpaired) electrons. The van der Waals surface area contributed by atoms with E-state index in [1.165, 1.54) is 17.2 Å². The Bertz CT molecular complexity index is 645. The highest BCUT2D eigenvalue weighted by Crippen LogP contribution is 2.40. The summed E-state index contributed by atoms with van der Waals surface area (Å²) in [5, 5.41) is 12.6.